The van der Waals surface area contributed by atoms with E-state index < -0.39 is 12.1 Å². The zero-order chi connectivity index (χ0) is 19.4. The van der Waals surface area contributed by atoms with Crippen molar-refractivity contribution < 1.29 is 9.18 Å². The summed E-state index contributed by atoms with van der Waals surface area (Å²) in [5.74, 6) is -0.493. The Hall–Kier alpha value is -3.48. The highest BCUT2D eigenvalue weighted by Gasteiger charge is 2.43. The Morgan fingerprint density at radius 1 is 1.25 bits per heavy atom. The van der Waals surface area contributed by atoms with Crippen molar-refractivity contribution in [2.45, 2.75) is 19.5 Å². The number of amides is 1. The van der Waals surface area contributed by atoms with E-state index in [1.807, 2.05) is 25.1 Å². The second-order valence-electron chi connectivity index (χ2n) is 7.29. The maximum absolute atomic E-state index is 13.1. The van der Waals surface area contributed by atoms with Gasteiger partial charge in [-0.2, -0.15) is 0 Å². The Morgan fingerprint density at radius 3 is 2.86 bits per heavy atom. The fourth-order valence-corrected chi connectivity index (χ4v) is 3.57. The van der Waals surface area contributed by atoms with Gasteiger partial charge in [-0.1, -0.05) is 0 Å². The summed E-state index contributed by atoms with van der Waals surface area (Å²) in [6.45, 7) is 2.04. The van der Waals surface area contributed by atoms with Gasteiger partial charge in [0.15, 0.2) is 0 Å². The number of aryl methyl sites for hydroxylation is 1. The van der Waals surface area contributed by atoms with Crippen LogP contribution in [-0.2, 0) is 4.79 Å². The summed E-state index contributed by atoms with van der Waals surface area (Å²) >= 11 is 0. The largest absolute Gasteiger partial charge is 0.398 e. The summed E-state index contributed by atoms with van der Waals surface area (Å²) in [6.07, 6.45) is 2.55. The summed E-state index contributed by atoms with van der Waals surface area (Å²) in [5.41, 5.74) is 11.8. The first-order valence-corrected chi connectivity index (χ1v) is 9.08. The molecular formula is C21H18FN5O. The minimum absolute atomic E-state index is 0.283. The first-order chi connectivity index (χ1) is 13.5. The quantitative estimate of drug-likeness (QED) is 0.472. The molecule has 1 aliphatic rings. The van der Waals surface area contributed by atoms with Gasteiger partial charge in [-0.05, 0) is 65.8 Å². The second kappa shape index (κ2) is 6.02. The number of carbonyl (C=O) groups excluding carboxylic acids is 1. The molecule has 0 saturated heterocycles. The molecule has 6 nitrogen and oxygen atoms in total. The molecule has 5 rings (SSSR count). The Labute approximate surface area is 160 Å². The van der Waals surface area contributed by atoms with Gasteiger partial charge in [-0.3, -0.25) is 4.79 Å². The van der Waals surface area contributed by atoms with E-state index >= 15 is 0 Å². The Balaban J connectivity index is 1.57. The molecular weight excluding hydrogens is 357 g/mol. The van der Waals surface area contributed by atoms with Crippen LogP contribution in [0.5, 0.6) is 0 Å². The number of imidazole rings is 1. The fourth-order valence-electron chi connectivity index (χ4n) is 3.57. The molecule has 1 aliphatic carbocycles. The van der Waals surface area contributed by atoms with Gasteiger partial charge >= 0.3 is 0 Å². The number of hydrogen-bond donors (Lipinski definition) is 3. The first-order valence-electron chi connectivity index (χ1n) is 9.08. The number of nitrogen functional groups attached to an aromatic ring is 1. The molecule has 4 N–H and O–H groups in total. The summed E-state index contributed by atoms with van der Waals surface area (Å²) in [6, 6.07) is 9.78. The van der Waals surface area contributed by atoms with Crippen LogP contribution in [-0.4, -0.2) is 27.0 Å². The van der Waals surface area contributed by atoms with Crippen LogP contribution in [0.15, 0.2) is 42.9 Å². The van der Waals surface area contributed by atoms with Gasteiger partial charge in [0.05, 0.1) is 23.3 Å². The molecule has 0 radical (unpaired) electrons. The topological polar surface area (TPSA) is 96.7 Å². The van der Waals surface area contributed by atoms with E-state index in [4.69, 9.17) is 5.73 Å². The van der Waals surface area contributed by atoms with Gasteiger partial charge in [0.25, 0.3) is 0 Å². The van der Waals surface area contributed by atoms with E-state index in [2.05, 4.69) is 26.3 Å². The summed E-state index contributed by atoms with van der Waals surface area (Å²) in [4.78, 5) is 23.7. The number of carbonyl (C=O) groups is 1. The third-order valence-electron chi connectivity index (χ3n) is 5.25. The van der Waals surface area contributed by atoms with Gasteiger partial charge in [-0.15, -0.1) is 0 Å². The second-order valence-corrected chi connectivity index (χ2v) is 7.29. The SMILES string of the molecule is Cc1cc2[nH]cnc2cc1-c1cc(N)c2cnc(NC(=O)[C@@H]3C[C@@H]3F)cc2c1. The van der Waals surface area contributed by atoms with Crippen molar-refractivity contribution >= 4 is 39.2 Å². The van der Waals surface area contributed by atoms with E-state index in [0.29, 0.717) is 11.5 Å². The van der Waals surface area contributed by atoms with Gasteiger partial charge in [0.1, 0.15) is 12.0 Å². The number of pyridine rings is 1. The van der Waals surface area contributed by atoms with Crippen LogP contribution in [0.25, 0.3) is 32.9 Å². The lowest BCUT2D eigenvalue weighted by Crippen LogP contribution is -2.15. The van der Waals surface area contributed by atoms with E-state index in [-0.39, 0.29) is 12.3 Å². The van der Waals surface area contributed by atoms with Crippen molar-refractivity contribution in [1.82, 2.24) is 15.0 Å². The average Bonchev–Trinajstić information content (AvgIpc) is 3.22. The summed E-state index contributed by atoms with van der Waals surface area (Å²) in [7, 11) is 0. The fraction of sp³-hybridized carbons (Fsp3) is 0.190. The van der Waals surface area contributed by atoms with Crippen molar-refractivity contribution in [1.29, 1.82) is 0 Å². The molecule has 0 spiro atoms. The van der Waals surface area contributed by atoms with E-state index in [0.717, 1.165) is 38.5 Å². The number of H-pyrrole nitrogens is 1. The van der Waals surface area contributed by atoms with Crippen molar-refractivity contribution in [3.05, 3.63) is 48.4 Å². The minimum atomic E-state index is -1.04. The number of nitrogens with two attached hydrogens (primary N) is 1. The number of halogens is 1. The number of hydrogen-bond acceptors (Lipinski definition) is 4. The smallest absolute Gasteiger partial charge is 0.231 e. The molecule has 0 aliphatic heterocycles. The van der Waals surface area contributed by atoms with Crippen molar-refractivity contribution in [3.63, 3.8) is 0 Å². The number of fused-ring (bicyclic) bond motifs is 2. The van der Waals surface area contributed by atoms with Crippen molar-refractivity contribution in [3.8, 4) is 11.1 Å². The molecule has 7 heteroatoms. The van der Waals surface area contributed by atoms with Gasteiger partial charge in [0, 0.05) is 17.3 Å². The number of aromatic amines is 1. The predicted molar refractivity (Wildman–Crippen MR) is 108 cm³/mol. The Kier molecular flexibility index (Phi) is 3.58. The number of alkyl halides is 1. The van der Waals surface area contributed by atoms with E-state index in [9.17, 15) is 9.18 Å². The maximum atomic E-state index is 13.1. The molecule has 1 amide bonds. The molecule has 4 aromatic rings. The van der Waals surface area contributed by atoms with Crippen LogP contribution in [0.2, 0.25) is 0 Å². The lowest BCUT2D eigenvalue weighted by molar-refractivity contribution is -0.117. The Morgan fingerprint density at radius 2 is 2.07 bits per heavy atom. The number of benzene rings is 2. The zero-order valence-electron chi connectivity index (χ0n) is 15.2. The standard InChI is InChI=1S/C21H18FN5O/c1-10-2-18-19(26-9-25-18)7-13(10)11-3-12-5-20(24-8-15(12)17(23)4-11)27-21(28)14-6-16(14)22/h2-5,7-9,14,16H,6,23H2,1H3,(H,25,26)(H,24,27,28)/t14-,16+/m1/s1. The minimum Gasteiger partial charge on any atom is -0.398 e. The number of anilines is 2. The molecule has 0 unspecified atom stereocenters. The lowest BCUT2D eigenvalue weighted by Gasteiger charge is -2.11. The van der Waals surface area contributed by atoms with Crippen molar-refractivity contribution in [2.75, 3.05) is 11.1 Å². The van der Waals surface area contributed by atoms with Gasteiger partial charge < -0.3 is 16.0 Å². The van der Waals surface area contributed by atoms with Crippen molar-refractivity contribution in [2.24, 2.45) is 5.92 Å². The highest BCUT2D eigenvalue weighted by atomic mass is 19.1. The molecule has 28 heavy (non-hydrogen) atoms. The normalized spacial score (nSPS) is 18.5. The number of nitrogens with one attached hydrogen (secondary N) is 2. The van der Waals surface area contributed by atoms with E-state index in [1.54, 1.807) is 18.6 Å². The predicted octanol–water partition coefficient (Wildman–Crippen LogP) is 3.97. The Bertz CT molecular complexity index is 1250. The molecule has 1 saturated carbocycles. The van der Waals surface area contributed by atoms with Crippen LogP contribution in [0.1, 0.15) is 12.0 Å². The third kappa shape index (κ3) is 2.76. The zero-order valence-corrected chi connectivity index (χ0v) is 15.2. The van der Waals surface area contributed by atoms with E-state index in [1.165, 1.54) is 0 Å². The molecule has 0 bridgehead atoms. The number of nitrogens with zero attached hydrogens (tertiary/aromatic N) is 2. The van der Waals surface area contributed by atoms with Crippen LogP contribution in [0, 0.1) is 12.8 Å². The molecule has 140 valence electrons. The number of rotatable bonds is 3. The van der Waals surface area contributed by atoms with Crippen LogP contribution in [0.3, 0.4) is 0 Å². The monoisotopic (exact) mass is 375 g/mol. The summed E-state index contributed by atoms with van der Waals surface area (Å²) in [5, 5.41) is 4.35. The summed E-state index contributed by atoms with van der Waals surface area (Å²) < 4.78 is 13.1. The highest BCUT2D eigenvalue weighted by molar-refractivity contribution is 6.00. The first kappa shape index (κ1) is 16.7. The third-order valence-corrected chi connectivity index (χ3v) is 5.25. The molecule has 1 fully saturated rings. The average molecular weight is 375 g/mol. The lowest BCUT2D eigenvalue weighted by atomic mass is 9.96. The van der Waals surface area contributed by atoms with Gasteiger partial charge in [-0.25, -0.2) is 14.4 Å². The molecule has 2 aromatic carbocycles. The number of aromatic nitrogens is 3. The molecule has 2 atom stereocenters. The molecule has 2 aromatic heterocycles. The molecule has 2 heterocycles. The van der Waals surface area contributed by atoms with Gasteiger partial charge in [0.2, 0.25) is 5.91 Å². The maximum Gasteiger partial charge on any atom is 0.231 e. The van der Waals surface area contributed by atoms with Crippen LogP contribution >= 0.6 is 0 Å². The van der Waals surface area contributed by atoms with Crippen LogP contribution in [0.4, 0.5) is 15.9 Å². The van der Waals surface area contributed by atoms with Crippen LogP contribution < -0.4 is 11.1 Å². The highest BCUT2D eigenvalue weighted by Crippen LogP contribution is 2.36.